The molecule has 254 valence electrons. The smallest absolute Gasteiger partial charge is 0.413 e. The van der Waals surface area contributed by atoms with E-state index in [9.17, 15) is 19.8 Å². The molecule has 2 fully saturated rings. The normalized spacial score (nSPS) is 26.3. The second-order valence-corrected chi connectivity index (χ2v) is 19.7. The molecule has 2 aliphatic rings. The fraction of sp³-hybridized carbons (Fsp3) is 0.588. The minimum absolute atomic E-state index is 0.0904. The molecule has 12 heteroatoms. The number of rotatable bonds is 7. The summed E-state index contributed by atoms with van der Waals surface area (Å²) < 4.78 is 31.1. The van der Waals surface area contributed by atoms with Gasteiger partial charge in [-0.3, -0.25) is 10.2 Å². The van der Waals surface area contributed by atoms with Crippen LogP contribution in [0.15, 0.2) is 54.6 Å². The van der Waals surface area contributed by atoms with Crippen LogP contribution < -0.4 is 5.32 Å². The monoisotopic (exact) mass is 658 g/mol. The number of carbonyl (C=O) groups excluding carboxylic acids is 2. The summed E-state index contributed by atoms with van der Waals surface area (Å²) in [4.78, 5) is 28.3. The number of aliphatic hydroxyl groups is 2. The molecule has 2 saturated heterocycles. The minimum atomic E-state index is -2.55. The molecule has 11 nitrogen and oxygen atoms in total. The Bertz CT molecular complexity index is 1390. The number of anilines is 1. The largest absolute Gasteiger partial charge is 0.444 e. The third kappa shape index (κ3) is 7.42. The number of ether oxygens (including phenoxy) is 4. The van der Waals surface area contributed by atoms with Crippen molar-refractivity contribution in [3.63, 3.8) is 0 Å². The van der Waals surface area contributed by atoms with Gasteiger partial charge in [0.15, 0.2) is 14.1 Å². The number of amides is 2. The predicted octanol–water partition coefficient (Wildman–Crippen LogP) is 6.10. The van der Waals surface area contributed by atoms with Crippen molar-refractivity contribution < 1.29 is 43.2 Å². The van der Waals surface area contributed by atoms with Gasteiger partial charge >= 0.3 is 12.2 Å². The molecule has 1 unspecified atom stereocenters. The van der Waals surface area contributed by atoms with Crippen LogP contribution in [0.5, 0.6) is 0 Å². The number of para-hydroxylation sites is 1. The SMILES string of the molecule is CC(C)(C)OC(=O)Nc1ccccc1C1(O)[C@H]2OC(C)(C)O[C@H]2[C@H](O[Si](C)(C)C(C)(C)C)[C@@H](CO)N1C(=O)OCc1ccccc1. The van der Waals surface area contributed by atoms with Crippen molar-refractivity contribution in [1.82, 2.24) is 4.90 Å². The molecule has 0 saturated carbocycles. The van der Waals surface area contributed by atoms with E-state index in [0.717, 1.165) is 10.5 Å². The second-order valence-electron chi connectivity index (χ2n) is 14.9. The van der Waals surface area contributed by atoms with Crippen LogP contribution in [-0.2, 0) is 35.7 Å². The lowest BCUT2D eigenvalue weighted by Crippen LogP contribution is -2.74. The summed E-state index contributed by atoms with van der Waals surface area (Å²) in [7, 11) is -2.55. The molecule has 5 atom stereocenters. The van der Waals surface area contributed by atoms with E-state index < -0.39 is 68.6 Å². The van der Waals surface area contributed by atoms with Gasteiger partial charge in [-0.15, -0.1) is 0 Å². The topological polar surface area (TPSA) is 136 Å². The molecule has 2 amide bonds. The quantitative estimate of drug-likeness (QED) is 0.302. The van der Waals surface area contributed by atoms with E-state index in [1.807, 2.05) is 30.3 Å². The highest BCUT2D eigenvalue weighted by molar-refractivity contribution is 6.74. The van der Waals surface area contributed by atoms with Crippen LogP contribution in [0.4, 0.5) is 15.3 Å². The number of nitrogens with zero attached hydrogens (tertiary/aromatic N) is 1. The molecule has 0 spiro atoms. The minimum Gasteiger partial charge on any atom is -0.444 e. The van der Waals surface area contributed by atoms with Crippen LogP contribution in [0.3, 0.4) is 0 Å². The third-order valence-corrected chi connectivity index (χ3v) is 13.2. The van der Waals surface area contributed by atoms with E-state index in [-0.39, 0.29) is 22.9 Å². The number of benzene rings is 2. The zero-order valence-electron chi connectivity index (χ0n) is 28.6. The van der Waals surface area contributed by atoms with Crippen molar-refractivity contribution in [1.29, 1.82) is 0 Å². The Kier molecular flexibility index (Phi) is 10.0. The molecule has 2 aromatic rings. The second kappa shape index (κ2) is 12.9. The molecule has 46 heavy (non-hydrogen) atoms. The van der Waals surface area contributed by atoms with Crippen LogP contribution >= 0.6 is 0 Å². The van der Waals surface area contributed by atoms with Gasteiger partial charge in [0.1, 0.15) is 24.4 Å². The van der Waals surface area contributed by atoms with Crippen molar-refractivity contribution in [3.05, 3.63) is 65.7 Å². The number of hydrogen-bond acceptors (Lipinski definition) is 9. The highest BCUT2D eigenvalue weighted by atomic mass is 28.4. The molecular formula is C34H50N2O9Si. The average molecular weight is 659 g/mol. The van der Waals surface area contributed by atoms with E-state index in [1.165, 1.54) is 0 Å². The third-order valence-electron chi connectivity index (χ3n) is 8.71. The van der Waals surface area contributed by atoms with Gasteiger partial charge in [-0.05, 0) is 64.4 Å². The lowest BCUT2D eigenvalue weighted by Gasteiger charge is -2.55. The summed E-state index contributed by atoms with van der Waals surface area (Å²) in [5.74, 6) is -1.20. The fourth-order valence-corrected chi connectivity index (χ4v) is 6.94. The number of likely N-dealkylation sites (tertiary alicyclic amines) is 1. The summed E-state index contributed by atoms with van der Waals surface area (Å²) in [6.45, 7) is 18.4. The van der Waals surface area contributed by atoms with E-state index >= 15 is 0 Å². The number of fused-ring (bicyclic) bond motifs is 1. The summed E-state index contributed by atoms with van der Waals surface area (Å²) in [5, 5.41) is 26.6. The standard InChI is InChI=1S/C34H50N2O9Si/c1-31(2,3)44-29(38)35-24-19-15-14-18-23(24)34(40)28-27(42-33(7,8)43-28)26(45-46(9,10)32(4,5)6)25(20-37)36(34)30(39)41-21-22-16-12-11-13-17-22/h11-19,25-28,37,40H,20-21H2,1-10H3,(H,35,38)/t25-,26-,27+,28+,34?/m1/s1. The molecule has 3 N–H and O–H groups in total. The van der Waals surface area contributed by atoms with Gasteiger partial charge < -0.3 is 33.6 Å². The molecular weight excluding hydrogens is 608 g/mol. The molecule has 0 aromatic heterocycles. The Hall–Kier alpha value is -3.00. The van der Waals surface area contributed by atoms with Crippen molar-refractivity contribution in [2.75, 3.05) is 11.9 Å². The first-order chi connectivity index (χ1) is 21.2. The van der Waals surface area contributed by atoms with Crippen LogP contribution in [0, 0.1) is 0 Å². The molecule has 0 bridgehead atoms. The van der Waals surface area contributed by atoms with Crippen LogP contribution in [0.25, 0.3) is 0 Å². The predicted molar refractivity (Wildman–Crippen MR) is 175 cm³/mol. The van der Waals surface area contributed by atoms with Crippen LogP contribution in [0.2, 0.25) is 18.1 Å². The van der Waals surface area contributed by atoms with Gasteiger partial charge in [-0.1, -0.05) is 69.3 Å². The lowest BCUT2D eigenvalue weighted by atomic mass is 9.81. The Balaban J connectivity index is 1.89. The van der Waals surface area contributed by atoms with Crippen molar-refractivity contribution in [2.24, 2.45) is 0 Å². The van der Waals surface area contributed by atoms with E-state index in [2.05, 4.69) is 39.2 Å². The Labute approximate surface area is 273 Å². The summed E-state index contributed by atoms with van der Waals surface area (Å²) >= 11 is 0. The van der Waals surface area contributed by atoms with Crippen molar-refractivity contribution >= 4 is 26.2 Å². The first kappa shape index (κ1) is 35.8. The van der Waals surface area contributed by atoms with Gasteiger partial charge in [0.25, 0.3) is 0 Å². The number of nitrogens with one attached hydrogen (secondary N) is 1. The Morgan fingerprint density at radius 3 is 2.17 bits per heavy atom. The number of piperidine rings is 1. The maximum atomic E-state index is 14.3. The first-order valence-electron chi connectivity index (χ1n) is 15.7. The summed E-state index contributed by atoms with van der Waals surface area (Å²) in [6.07, 6.45) is -4.69. The lowest BCUT2D eigenvalue weighted by molar-refractivity contribution is -0.248. The van der Waals surface area contributed by atoms with E-state index in [1.54, 1.807) is 58.9 Å². The molecule has 2 aromatic carbocycles. The van der Waals surface area contributed by atoms with E-state index in [0.29, 0.717) is 0 Å². The van der Waals surface area contributed by atoms with Gasteiger partial charge in [-0.2, -0.15) is 0 Å². The molecule has 4 rings (SSSR count). The molecule has 0 aliphatic carbocycles. The molecule has 2 aliphatic heterocycles. The van der Waals surface area contributed by atoms with E-state index in [4.69, 9.17) is 23.4 Å². The number of hydrogen-bond donors (Lipinski definition) is 3. The summed E-state index contributed by atoms with van der Waals surface area (Å²) in [6, 6.07) is 14.5. The maximum Gasteiger partial charge on any atom is 0.413 e. The van der Waals surface area contributed by atoms with Crippen LogP contribution in [0.1, 0.15) is 66.5 Å². The van der Waals surface area contributed by atoms with Crippen molar-refractivity contribution in [3.8, 4) is 0 Å². The van der Waals surface area contributed by atoms with Gasteiger partial charge in [0.05, 0.1) is 24.4 Å². The van der Waals surface area contributed by atoms with Crippen LogP contribution in [-0.4, -0.2) is 78.0 Å². The highest BCUT2D eigenvalue weighted by Gasteiger charge is 2.68. The Morgan fingerprint density at radius 1 is 0.978 bits per heavy atom. The summed E-state index contributed by atoms with van der Waals surface area (Å²) in [5.41, 5.74) is -2.07. The van der Waals surface area contributed by atoms with Crippen molar-refractivity contribution in [2.45, 2.75) is 122 Å². The maximum absolute atomic E-state index is 14.3. The number of carbonyl (C=O) groups is 2. The highest BCUT2D eigenvalue weighted by Crippen LogP contribution is 2.51. The van der Waals surface area contributed by atoms with Gasteiger partial charge in [0, 0.05) is 5.56 Å². The zero-order chi connectivity index (χ0) is 34.3. The number of aliphatic hydroxyl groups excluding tert-OH is 1. The molecule has 0 radical (unpaired) electrons. The van der Waals surface area contributed by atoms with Gasteiger partial charge in [0.2, 0.25) is 5.72 Å². The zero-order valence-corrected chi connectivity index (χ0v) is 29.6. The fourth-order valence-electron chi connectivity index (χ4n) is 5.62. The average Bonchev–Trinajstić information content (AvgIpc) is 3.28. The Morgan fingerprint density at radius 2 is 1.59 bits per heavy atom. The van der Waals surface area contributed by atoms with Gasteiger partial charge in [-0.25, -0.2) is 9.59 Å². The first-order valence-corrected chi connectivity index (χ1v) is 18.6. The molecule has 2 heterocycles.